The van der Waals surface area contributed by atoms with Crippen molar-refractivity contribution in [3.63, 3.8) is 0 Å². The molecule has 0 saturated carbocycles. The number of carbonyl (C=O) groups is 1. The van der Waals surface area contributed by atoms with Gasteiger partial charge in [-0.1, -0.05) is 29.3 Å². The highest BCUT2D eigenvalue weighted by Gasteiger charge is 2.20. The number of rotatable bonds is 4. The molecule has 1 heterocycles. The van der Waals surface area contributed by atoms with Crippen LogP contribution in [-0.2, 0) is 11.2 Å². The normalized spacial score (nSPS) is 16.7. The minimum Gasteiger partial charge on any atom is -0.333 e. The van der Waals surface area contributed by atoms with E-state index in [4.69, 9.17) is 28.9 Å². The summed E-state index contributed by atoms with van der Waals surface area (Å²) in [5, 5.41) is 1.05. The van der Waals surface area contributed by atoms with Crippen LogP contribution in [0.5, 0.6) is 0 Å². The van der Waals surface area contributed by atoms with E-state index in [0.717, 1.165) is 23.7 Å². The van der Waals surface area contributed by atoms with E-state index < -0.39 is 0 Å². The lowest BCUT2D eigenvalue weighted by Gasteiger charge is -2.18. The summed E-state index contributed by atoms with van der Waals surface area (Å²) in [5.74, 6) is 1.95. The molecule has 3 nitrogen and oxygen atoms in total. The molecule has 1 fully saturated rings. The maximum absolute atomic E-state index is 12.0. The van der Waals surface area contributed by atoms with Gasteiger partial charge in [-0.3, -0.25) is 4.79 Å². The standard InChI is InChI=1S/C13H16Cl2N2OS/c14-11-2-1-9(6-12(11)15)5-10(16)7-13(18)17-3-4-19-8-17/h1-2,6,10H,3-5,7-8,16H2/t10-/m1/s1. The van der Waals surface area contributed by atoms with Gasteiger partial charge >= 0.3 is 0 Å². The first-order valence-corrected chi connectivity index (χ1v) is 8.02. The summed E-state index contributed by atoms with van der Waals surface area (Å²) in [7, 11) is 0. The topological polar surface area (TPSA) is 46.3 Å². The second-order valence-corrected chi connectivity index (χ2v) is 6.50. The van der Waals surface area contributed by atoms with Crippen molar-refractivity contribution >= 4 is 40.9 Å². The monoisotopic (exact) mass is 318 g/mol. The molecule has 19 heavy (non-hydrogen) atoms. The van der Waals surface area contributed by atoms with Crippen LogP contribution in [0.25, 0.3) is 0 Å². The van der Waals surface area contributed by atoms with Crippen molar-refractivity contribution in [2.45, 2.75) is 18.9 Å². The van der Waals surface area contributed by atoms with Crippen molar-refractivity contribution in [2.24, 2.45) is 5.73 Å². The quantitative estimate of drug-likeness (QED) is 0.928. The number of nitrogens with zero attached hydrogens (tertiary/aromatic N) is 1. The highest BCUT2D eigenvalue weighted by atomic mass is 35.5. The molecule has 0 radical (unpaired) electrons. The zero-order valence-electron chi connectivity index (χ0n) is 10.4. The van der Waals surface area contributed by atoms with Crippen LogP contribution in [0, 0.1) is 0 Å². The largest absolute Gasteiger partial charge is 0.333 e. The molecule has 104 valence electrons. The summed E-state index contributed by atoms with van der Waals surface area (Å²) in [4.78, 5) is 13.8. The van der Waals surface area contributed by atoms with Crippen molar-refractivity contribution in [3.8, 4) is 0 Å². The minimum absolute atomic E-state index is 0.137. The molecule has 1 aromatic carbocycles. The first kappa shape index (κ1) is 15.0. The van der Waals surface area contributed by atoms with Gasteiger partial charge in [0, 0.05) is 24.8 Å². The Hall–Kier alpha value is -0.420. The van der Waals surface area contributed by atoms with Crippen LogP contribution < -0.4 is 5.73 Å². The number of halogens is 2. The number of amides is 1. The second kappa shape index (κ2) is 6.84. The van der Waals surface area contributed by atoms with Gasteiger partial charge < -0.3 is 10.6 Å². The molecule has 2 N–H and O–H groups in total. The van der Waals surface area contributed by atoms with Gasteiger partial charge in [0.2, 0.25) is 5.91 Å². The molecule has 0 aromatic heterocycles. The van der Waals surface area contributed by atoms with Crippen LogP contribution in [-0.4, -0.2) is 35.0 Å². The van der Waals surface area contributed by atoms with Crippen molar-refractivity contribution in [3.05, 3.63) is 33.8 Å². The predicted molar refractivity (Wildman–Crippen MR) is 81.8 cm³/mol. The molecule has 1 saturated heterocycles. The lowest BCUT2D eigenvalue weighted by molar-refractivity contribution is -0.130. The molecular weight excluding hydrogens is 303 g/mol. The van der Waals surface area contributed by atoms with Gasteiger partial charge in [-0.15, -0.1) is 11.8 Å². The van der Waals surface area contributed by atoms with Gasteiger partial charge in [-0.25, -0.2) is 0 Å². The summed E-state index contributed by atoms with van der Waals surface area (Å²) in [6.07, 6.45) is 1.00. The molecule has 2 rings (SSSR count). The fraction of sp³-hybridized carbons (Fsp3) is 0.462. The predicted octanol–water partition coefficient (Wildman–Crippen LogP) is 2.79. The van der Waals surface area contributed by atoms with Crippen LogP contribution in [0.3, 0.4) is 0 Å². The Bertz CT molecular complexity index is 464. The Kier molecular flexibility index (Phi) is 5.39. The van der Waals surface area contributed by atoms with Crippen LogP contribution in [0.2, 0.25) is 10.0 Å². The number of hydrogen-bond acceptors (Lipinski definition) is 3. The molecule has 1 aliphatic heterocycles. The lowest BCUT2D eigenvalue weighted by atomic mass is 10.0. The van der Waals surface area contributed by atoms with Gasteiger partial charge in [0.05, 0.1) is 15.9 Å². The van der Waals surface area contributed by atoms with E-state index in [0.29, 0.717) is 22.9 Å². The average Bonchev–Trinajstić information content (AvgIpc) is 2.87. The maximum Gasteiger partial charge on any atom is 0.224 e. The van der Waals surface area contributed by atoms with E-state index in [1.54, 1.807) is 23.9 Å². The minimum atomic E-state index is -0.185. The zero-order chi connectivity index (χ0) is 13.8. The van der Waals surface area contributed by atoms with E-state index in [2.05, 4.69) is 0 Å². The third-order valence-corrected chi connectivity index (χ3v) is 4.73. The Morgan fingerprint density at radius 3 is 2.84 bits per heavy atom. The number of benzene rings is 1. The molecule has 0 spiro atoms. The second-order valence-electron chi connectivity index (χ2n) is 4.61. The molecule has 1 aromatic rings. The van der Waals surface area contributed by atoms with Gasteiger partial charge in [0.15, 0.2) is 0 Å². The molecular formula is C13H16Cl2N2OS. The Balaban J connectivity index is 1.87. The van der Waals surface area contributed by atoms with Crippen molar-refractivity contribution in [1.29, 1.82) is 0 Å². The van der Waals surface area contributed by atoms with Crippen LogP contribution >= 0.6 is 35.0 Å². The van der Waals surface area contributed by atoms with Crippen molar-refractivity contribution in [2.75, 3.05) is 18.2 Å². The third-order valence-electron chi connectivity index (χ3n) is 3.02. The number of carbonyl (C=O) groups excluding carboxylic acids is 1. The molecule has 1 aliphatic rings. The van der Waals surface area contributed by atoms with E-state index >= 15 is 0 Å². The van der Waals surface area contributed by atoms with Crippen molar-refractivity contribution in [1.82, 2.24) is 4.90 Å². The Morgan fingerprint density at radius 1 is 1.42 bits per heavy atom. The molecule has 1 amide bonds. The van der Waals surface area contributed by atoms with Gasteiger partial charge in [0.1, 0.15) is 0 Å². The van der Waals surface area contributed by atoms with Crippen LogP contribution in [0.4, 0.5) is 0 Å². The fourth-order valence-corrected chi connectivity index (χ4v) is 3.30. The highest BCUT2D eigenvalue weighted by Crippen LogP contribution is 2.23. The van der Waals surface area contributed by atoms with Gasteiger partial charge in [-0.2, -0.15) is 0 Å². The number of thioether (sulfide) groups is 1. The fourth-order valence-electron chi connectivity index (χ4n) is 2.01. The lowest BCUT2D eigenvalue weighted by Crippen LogP contribution is -2.35. The smallest absolute Gasteiger partial charge is 0.224 e. The Labute approximate surface area is 127 Å². The van der Waals surface area contributed by atoms with Crippen molar-refractivity contribution < 1.29 is 4.79 Å². The van der Waals surface area contributed by atoms with E-state index in [-0.39, 0.29) is 11.9 Å². The molecule has 0 aliphatic carbocycles. The van der Waals surface area contributed by atoms with Crippen LogP contribution in [0.1, 0.15) is 12.0 Å². The first-order chi connectivity index (χ1) is 9.06. The highest BCUT2D eigenvalue weighted by molar-refractivity contribution is 7.99. The van der Waals surface area contributed by atoms with Crippen LogP contribution in [0.15, 0.2) is 18.2 Å². The molecule has 0 bridgehead atoms. The summed E-state index contributed by atoms with van der Waals surface area (Å²) in [6.45, 7) is 0.836. The maximum atomic E-state index is 12.0. The number of nitrogens with two attached hydrogens (primary N) is 1. The average molecular weight is 319 g/mol. The molecule has 6 heteroatoms. The summed E-state index contributed by atoms with van der Waals surface area (Å²) < 4.78 is 0. The first-order valence-electron chi connectivity index (χ1n) is 6.11. The Morgan fingerprint density at radius 2 is 2.21 bits per heavy atom. The third kappa shape index (κ3) is 4.28. The summed E-state index contributed by atoms with van der Waals surface area (Å²) in [5.41, 5.74) is 7.04. The summed E-state index contributed by atoms with van der Waals surface area (Å²) >= 11 is 13.6. The number of hydrogen-bond donors (Lipinski definition) is 1. The summed E-state index contributed by atoms with van der Waals surface area (Å²) in [6, 6.07) is 5.27. The zero-order valence-corrected chi connectivity index (χ0v) is 12.8. The van der Waals surface area contributed by atoms with Gasteiger partial charge in [-0.05, 0) is 24.1 Å². The SMILES string of the molecule is N[C@@H](CC(=O)N1CCSC1)Cc1ccc(Cl)c(Cl)c1. The van der Waals surface area contributed by atoms with E-state index in [1.165, 1.54) is 0 Å². The molecule has 0 unspecified atom stereocenters. The van der Waals surface area contributed by atoms with E-state index in [9.17, 15) is 4.79 Å². The van der Waals surface area contributed by atoms with Gasteiger partial charge in [0.25, 0.3) is 0 Å². The molecule has 1 atom stereocenters. The van der Waals surface area contributed by atoms with E-state index in [1.807, 2.05) is 11.0 Å².